The van der Waals surface area contributed by atoms with Gasteiger partial charge in [-0.25, -0.2) is 0 Å². The highest BCUT2D eigenvalue weighted by molar-refractivity contribution is 6.22. The van der Waals surface area contributed by atoms with Crippen LogP contribution in [0.15, 0.2) is 47.2 Å². The van der Waals surface area contributed by atoms with Crippen molar-refractivity contribution in [2.24, 2.45) is 0 Å². The molecule has 2 unspecified atom stereocenters. The number of benzene rings is 1. The van der Waals surface area contributed by atoms with E-state index in [9.17, 15) is 4.79 Å². The lowest BCUT2D eigenvalue weighted by Crippen LogP contribution is -2.08. The van der Waals surface area contributed by atoms with Gasteiger partial charge in [0.2, 0.25) is 6.29 Å². The van der Waals surface area contributed by atoms with Crippen molar-refractivity contribution in [3.8, 4) is 0 Å². The molecule has 0 amide bonds. The van der Waals surface area contributed by atoms with E-state index in [4.69, 9.17) is 16.1 Å². The van der Waals surface area contributed by atoms with Crippen molar-refractivity contribution in [3.63, 3.8) is 0 Å². The van der Waals surface area contributed by atoms with Crippen LogP contribution < -0.4 is 0 Å². The predicted molar refractivity (Wildman–Crippen MR) is 60.0 cm³/mol. The molecule has 0 aliphatic rings. The van der Waals surface area contributed by atoms with Crippen LogP contribution in [0.1, 0.15) is 22.6 Å². The summed E-state index contributed by atoms with van der Waals surface area (Å²) in [5.41, 5.74) is 1.36. The van der Waals surface area contributed by atoms with Crippen LogP contribution in [0.25, 0.3) is 0 Å². The van der Waals surface area contributed by atoms with Crippen molar-refractivity contribution in [2.45, 2.75) is 11.3 Å². The van der Waals surface area contributed by atoms with E-state index in [2.05, 4.69) is 5.16 Å². The molecular formula is C12H9ClNO2. The van der Waals surface area contributed by atoms with Gasteiger partial charge in [0.1, 0.15) is 6.26 Å². The predicted octanol–water partition coefficient (Wildman–Crippen LogP) is 2.85. The van der Waals surface area contributed by atoms with Crippen molar-refractivity contribution < 1.29 is 9.32 Å². The number of aromatic nitrogens is 1. The summed E-state index contributed by atoms with van der Waals surface area (Å²) >= 11 is 6.22. The number of rotatable bonds is 4. The molecular weight excluding hydrogens is 226 g/mol. The minimum atomic E-state index is -0.609. The van der Waals surface area contributed by atoms with Gasteiger partial charge in [-0.05, 0) is 5.56 Å². The first kappa shape index (κ1) is 10.9. The molecule has 2 aromatic rings. The first-order valence-corrected chi connectivity index (χ1v) is 5.23. The Morgan fingerprint density at radius 1 is 1.25 bits per heavy atom. The molecule has 16 heavy (non-hydrogen) atoms. The Bertz CT molecular complexity index is 441. The summed E-state index contributed by atoms with van der Waals surface area (Å²) in [7, 11) is 0. The molecule has 3 nitrogen and oxygen atoms in total. The van der Waals surface area contributed by atoms with Crippen LogP contribution in [-0.4, -0.2) is 11.4 Å². The third-order valence-electron chi connectivity index (χ3n) is 2.31. The van der Waals surface area contributed by atoms with E-state index in [0.29, 0.717) is 5.69 Å². The summed E-state index contributed by atoms with van der Waals surface area (Å²) in [4.78, 5) is 10.9. The van der Waals surface area contributed by atoms with Gasteiger partial charge in [-0.1, -0.05) is 35.5 Å². The normalized spacial score (nSPS) is 14.3. The highest BCUT2D eigenvalue weighted by Crippen LogP contribution is 2.33. The zero-order valence-electron chi connectivity index (χ0n) is 8.34. The number of hydrogen-bond acceptors (Lipinski definition) is 3. The number of alkyl halides is 1. The maximum absolute atomic E-state index is 10.9. The van der Waals surface area contributed by atoms with Gasteiger partial charge >= 0.3 is 0 Å². The molecule has 1 heterocycles. The van der Waals surface area contributed by atoms with Crippen molar-refractivity contribution in [1.29, 1.82) is 0 Å². The highest BCUT2D eigenvalue weighted by Gasteiger charge is 2.25. The molecule has 0 aliphatic carbocycles. The van der Waals surface area contributed by atoms with Gasteiger partial charge in [0.05, 0.1) is 17.0 Å². The Kier molecular flexibility index (Phi) is 3.37. The summed E-state index contributed by atoms with van der Waals surface area (Å²) in [6.45, 7) is 0. The zero-order valence-corrected chi connectivity index (χ0v) is 9.09. The third-order valence-corrected chi connectivity index (χ3v) is 2.82. The fraction of sp³-hybridized carbons (Fsp3) is 0.167. The van der Waals surface area contributed by atoms with Crippen molar-refractivity contribution in [2.75, 3.05) is 0 Å². The van der Waals surface area contributed by atoms with Gasteiger partial charge in [-0.2, -0.15) is 0 Å². The zero-order chi connectivity index (χ0) is 11.4. The topological polar surface area (TPSA) is 43.1 Å². The maximum atomic E-state index is 10.9. The highest BCUT2D eigenvalue weighted by atomic mass is 35.5. The van der Waals surface area contributed by atoms with E-state index < -0.39 is 11.3 Å². The number of hydrogen-bond donors (Lipinski definition) is 0. The van der Waals surface area contributed by atoms with Crippen LogP contribution in [-0.2, 0) is 4.79 Å². The summed E-state index contributed by atoms with van der Waals surface area (Å²) in [6, 6.07) is 11.0. The van der Waals surface area contributed by atoms with E-state index in [-0.39, 0.29) is 0 Å². The second-order valence-corrected chi connectivity index (χ2v) is 3.80. The van der Waals surface area contributed by atoms with Gasteiger partial charge in [0.25, 0.3) is 0 Å². The lowest BCUT2D eigenvalue weighted by molar-refractivity contribution is 0.408. The van der Waals surface area contributed by atoms with Crippen LogP contribution in [0.4, 0.5) is 0 Å². The number of nitrogens with zero attached hydrogens (tertiary/aromatic N) is 1. The van der Waals surface area contributed by atoms with Crippen LogP contribution in [0.2, 0.25) is 0 Å². The molecule has 1 aromatic carbocycles. The lowest BCUT2D eigenvalue weighted by atomic mass is 9.97. The van der Waals surface area contributed by atoms with Gasteiger partial charge in [-0.15, -0.1) is 11.6 Å². The minimum Gasteiger partial charge on any atom is -0.364 e. The molecule has 0 N–H and O–H groups in total. The molecule has 0 saturated carbocycles. The van der Waals surface area contributed by atoms with Crippen molar-refractivity contribution >= 4 is 17.9 Å². The lowest BCUT2D eigenvalue weighted by Gasteiger charge is -2.13. The third kappa shape index (κ3) is 2.14. The van der Waals surface area contributed by atoms with Crippen molar-refractivity contribution in [1.82, 2.24) is 5.16 Å². The fourth-order valence-corrected chi connectivity index (χ4v) is 1.81. The quantitative estimate of drug-likeness (QED) is 0.764. The molecule has 81 valence electrons. The molecule has 1 radical (unpaired) electrons. The summed E-state index contributed by atoms with van der Waals surface area (Å²) < 4.78 is 4.70. The monoisotopic (exact) mass is 234 g/mol. The average Bonchev–Trinajstić information content (AvgIpc) is 2.85. The average molecular weight is 235 g/mol. The van der Waals surface area contributed by atoms with Gasteiger partial charge in [-0.3, -0.25) is 4.79 Å². The minimum absolute atomic E-state index is 0.483. The standard InChI is InChI=1S/C12H9ClNO2/c13-12(9-4-2-1-3-5-9)10(8-15)11-6-7-16-14-11/h1-7,10,12H. The maximum Gasteiger partial charge on any atom is 0.210 e. The molecule has 0 bridgehead atoms. The molecule has 0 aliphatic heterocycles. The van der Waals surface area contributed by atoms with Crippen LogP contribution in [0.5, 0.6) is 0 Å². The largest absolute Gasteiger partial charge is 0.364 e. The molecule has 1 aromatic heterocycles. The van der Waals surface area contributed by atoms with Gasteiger partial charge in [0, 0.05) is 6.07 Å². The number of halogens is 1. The summed E-state index contributed by atoms with van der Waals surface area (Å²) in [6.07, 6.45) is 3.31. The summed E-state index contributed by atoms with van der Waals surface area (Å²) in [5, 5.41) is 3.23. The molecule has 2 rings (SSSR count). The molecule has 0 saturated heterocycles. The Balaban J connectivity index is 2.26. The summed E-state index contributed by atoms with van der Waals surface area (Å²) in [5.74, 6) is -0.609. The molecule has 0 fully saturated rings. The van der Waals surface area contributed by atoms with Gasteiger partial charge in [0.15, 0.2) is 0 Å². The molecule has 4 heteroatoms. The molecule has 2 atom stereocenters. The van der Waals surface area contributed by atoms with Crippen LogP contribution in [0.3, 0.4) is 0 Å². The van der Waals surface area contributed by atoms with E-state index in [1.54, 1.807) is 6.07 Å². The Hall–Kier alpha value is -1.61. The Morgan fingerprint density at radius 2 is 2.00 bits per heavy atom. The first-order valence-electron chi connectivity index (χ1n) is 4.80. The molecule has 0 spiro atoms. The van der Waals surface area contributed by atoms with E-state index >= 15 is 0 Å². The Labute approximate surface area is 98.0 Å². The smallest absolute Gasteiger partial charge is 0.210 e. The van der Waals surface area contributed by atoms with Gasteiger partial charge < -0.3 is 4.52 Å². The second-order valence-electron chi connectivity index (χ2n) is 3.33. The second kappa shape index (κ2) is 4.94. The van der Waals surface area contributed by atoms with E-state index in [1.165, 1.54) is 6.26 Å². The van der Waals surface area contributed by atoms with E-state index in [1.807, 2.05) is 36.6 Å². The number of carbonyl (C=O) groups excluding carboxylic acids is 1. The fourth-order valence-electron chi connectivity index (χ4n) is 1.48. The van der Waals surface area contributed by atoms with Crippen LogP contribution in [0, 0.1) is 0 Å². The van der Waals surface area contributed by atoms with Crippen LogP contribution >= 0.6 is 11.6 Å². The van der Waals surface area contributed by atoms with Crippen molar-refractivity contribution in [3.05, 3.63) is 53.9 Å². The SMILES string of the molecule is O=[C]C(c1ccon1)C(Cl)c1ccccc1. The first-order chi connectivity index (χ1) is 7.83. The Morgan fingerprint density at radius 3 is 2.56 bits per heavy atom. The van der Waals surface area contributed by atoms with E-state index in [0.717, 1.165) is 5.56 Å².